The van der Waals surface area contributed by atoms with Crippen LogP contribution < -0.4 is 10.1 Å². The van der Waals surface area contributed by atoms with Gasteiger partial charge in [0.1, 0.15) is 18.4 Å². The number of nitrogens with one attached hydrogen (secondary N) is 1. The Kier molecular flexibility index (Phi) is 7.06. The molecule has 1 aliphatic carbocycles. The minimum absolute atomic E-state index is 0.0515. The van der Waals surface area contributed by atoms with Crippen molar-refractivity contribution in [2.75, 3.05) is 0 Å². The molecule has 0 unspecified atom stereocenters. The van der Waals surface area contributed by atoms with E-state index in [1.165, 1.54) is 0 Å². The van der Waals surface area contributed by atoms with Crippen molar-refractivity contribution in [2.24, 2.45) is 5.92 Å². The molecule has 0 radical (unpaired) electrons. The summed E-state index contributed by atoms with van der Waals surface area (Å²) >= 11 is 0. The number of carbonyl (C=O) groups excluding carboxylic acids is 1. The molecule has 28 heavy (non-hydrogen) atoms. The number of aliphatic carboxylic acids is 1. The van der Waals surface area contributed by atoms with Gasteiger partial charge in [0.2, 0.25) is 5.91 Å². The summed E-state index contributed by atoms with van der Waals surface area (Å²) in [4.78, 5) is 24.0. The average molecular weight is 381 g/mol. The second kappa shape index (κ2) is 9.93. The Hall–Kier alpha value is -2.82. The molecule has 1 fully saturated rings. The van der Waals surface area contributed by atoms with E-state index in [-0.39, 0.29) is 18.2 Å². The van der Waals surface area contributed by atoms with Gasteiger partial charge in [-0.1, -0.05) is 61.7 Å². The molecule has 2 aromatic carbocycles. The van der Waals surface area contributed by atoms with Crippen molar-refractivity contribution in [2.45, 2.75) is 51.2 Å². The van der Waals surface area contributed by atoms with E-state index < -0.39 is 12.0 Å². The zero-order valence-corrected chi connectivity index (χ0v) is 16.0. The SMILES string of the molecule is O=C(N[C@H](Cc1ccc(OCc2ccccc2)cc1)C(=O)O)C1CCCCC1. The molecular formula is C23H27NO4. The molecule has 2 N–H and O–H groups in total. The van der Waals surface area contributed by atoms with Crippen molar-refractivity contribution in [3.05, 3.63) is 65.7 Å². The van der Waals surface area contributed by atoms with E-state index in [9.17, 15) is 14.7 Å². The summed E-state index contributed by atoms with van der Waals surface area (Å²) in [6.45, 7) is 0.482. The summed E-state index contributed by atoms with van der Waals surface area (Å²) in [5.74, 6) is -0.460. The average Bonchev–Trinajstić information content (AvgIpc) is 2.74. The van der Waals surface area contributed by atoms with Crippen molar-refractivity contribution in [1.29, 1.82) is 0 Å². The maximum absolute atomic E-state index is 12.4. The van der Waals surface area contributed by atoms with E-state index in [2.05, 4.69) is 5.32 Å². The Morgan fingerprint density at radius 3 is 2.29 bits per heavy atom. The highest BCUT2D eigenvalue weighted by molar-refractivity contribution is 5.85. The topological polar surface area (TPSA) is 75.6 Å². The van der Waals surface area contributed by atoms with Crippen molar-refractivity contribution < 1.29 is 19.4 Å². The van der Waals surface area contributed by atoms with Gasteiger partial charge in [0, 0.05) is 12.3 Å². The Balaban J connectivity index is 1.54. The maximum Gasteiger partial charge on any atom is 0.326 e. The predicted molar refractivity (Wildman–Crippen MR) is 107 cm³/mol. The second-order valence-corrected chi connectivity index (χ2v) is 7.36. The molecule has 3 rings (SSSR count). The first-order chi connectivity index (χ1) is 13.6. The third-order valence-corrected chi connectivity index (χ3v) is 5.20. The minimum atomic E-state index is -1.01. The van der Waals surface area contributed by atoms with E-state index >= 15 is 0 Å². The van der Waals surface area contributed by atoms with Gasteiger partial charge in [0.05, 0.1) is 0 Å². The fraction of sp³-hybridized carbons (Fsp3) is 0.391. The number of rotatable bonds is 8. The highest BCUT2D eigenvalue weighted by Gasteiger charge is 2.26. The molecule has 0 heterocycles. The summed E-state index contributed by atoms with van der Waals surface area (Å²) < 4.78 is 5.76. The maximum atomic E-state index is 12.4. The van der Waals surface area contributed by atoms with Crippen LogP contribution in [0.4, 0.5) is 0 Å². The van der Waals surface area contributed by atoms with Gasteiger partial charge in [0.25, 0.3) is 0 Å². The van der Waals surface area contributed by atoms with Crippen LogP contribution in [0.15, 0.2) is 54.6 Å². The molecule has 0 saturated heterocycles. The van der Waals surface area contributed by atoms with Crippen molar-refractivity contribution in [1.82, 2.24) is 5.32 Å². The first-order valence-corrected chi connectivity index (χ1v) is 9.90. The number of benzene rings is 2. The molecule has 5 nitrogen and oxygen atoms in total. The highest BCUT2D eigenvalue weighted by atomic mass is 16.5. The second-order valence-electron chi connectivity index (χ2n) is 7.36. The van der Waals surface area contributed by atoms with Crippen LogP contribution in [0.2, 0.25) is 0 Å². The normalized spacial score (nSPS) is 15.6. The van der Waals surface area contributed by atoms with Gasteiger partial charge in [-0.15, -0.1) is 0 Å². The molecular weight excluding hydrogens is 354 g/mol. The first kappa shape index (κ1) is 19.9. The molecule has 2 aromatic rings. The lowest BCUT2D eigenvalue weighted by molar-refractivity contribution is -0.142. The monoisotopic (exact) mass is 381 g/mol. The van der Waals surface area contributed by atoms with Crippen molar-refractivity contribution >= 4 is 11.9 Å². The third kappa shape index (κ3) is 5.84. The lowest BCUT2D eigenvalue weighted by Crippen LogP contribution is -2.45. The minimum Gasteiger partial charge on any atom is -0.489 e. The van der Waals surface area contributed by atoms with E-state index in [4.69, 9.17) is 4.74 Å². The van der Waals surface area contributed by atoms with E-state index in [1.54, 1.807) is 0 Å². The number of carboxylic acids is 1. The van der Waals surface area contributed by atoms with Gasteiger partial charge in [0.15, 0.2) is 0 Å². The van der Waals surface area contributed by atoms with E-state index in [1.807, 2.05) is 54.6 Å². The standard InChI is InChI=1S/C23H27NO4/c25-22(19-9-5-2-6-10-19)24-21(23(26)27)15-17-11-13-20(14-12-17)28-16-18-7-3-1-4-8-18/h1,3-4,7-8,11-14,19,21H,2,5-6,9-10,15-16H2,(H,24,25)(H,26,27)/t21-/m1/s1. The quantitative estimate of drug-likeness (QED) is 0.726. The predicted octanol–water partition coefficient (Wildman–Crippen LogP) is 3.96. The number of carboxylic acid groups (broad SMARTS) is 1. The first-order valence-electron chi connectivity index (χ1n) is 9.90. The summed E-state index contributed by atoms with van der Waals surface area (Å²) in [5, 5.41) is 12.2. The summed E-state index contributed by atoms with van der Waals surface area (Å²) in [6.07, 6.45) is 5.20. The number of hydrogen-bond donors (Lipinski definition) is 2. The smallest absolute Gasteiger partial charge is 0.326 e. The van der Waals surface area contributed by atoms with Crippen LogP contribution in [0.25, 0.3) is 0 Å². The lowest BCUT2D eigenvalue weighted by atomic mass is 9.88. The fourth-order valence-electron chi connectivity index (χ4n) is 3.55. The van der Waals surface area contributed by atoms with Gasteiger partial charge >= 0.3 is 5.97 Å². The van der Waals surface area contributed by atoms with Crippen LogP contribution in [0.5, 0.6) is 5.75 Å². The van der Waals surface area contributed by atoms with Crippen LogP contribution in [-0.2, 0) is 22.6 Å². The van der Waals surface area contributed by atoms with Crippen molar-refractivity contribution in [3.8, 4) is 5.75 Å². The Morgan fingerprint density at radius 1 is 0.964 bits per heavy atom. The molecule has 0 spiro atoms. The number of ether oxygens (including phenoxy) is 1. The molecule has 0 aliphatic heterocycles. The molecule has 1 aliphatic rings. The Bertz CT molecular complexity index is 767. The van der Waals surface area contributed by atoms with Crippen LogP contribution in [-0.4, -0.2) is 23.0 Å². The molecule has 1 saturated carbocycles. The fourth-order valence-corrected chi connectivity index (χ4v) is 3.55. The summed E-state index contributed by atoms with van der Waals surface area (Å²) in [6, 6.07) is 16.4. The van der Waals surface area contributed by atoms with E-state index in [0.29, 0.717) is 6.61 Å². The largest absolute Gasteiger partial charge is 0.489 e. The third-order valence-electron chi connectivity index (χ3n) is 5.20. The lowest BCUT2D eigenvalue weighted by Gasteiger charge is -2.23. The van der Waals surface area contributed by atoms with Crippen LogP contribution in [0.3, 0.4) is 0 Å². The van der Waals surface area contributed by atoms with Gasteiger partial charge in [-0.05, 0) is 36.1 Å². The number of carbonyl (C=O) groups is 2. The van der Waals surface area contributed by atoms with Crippen molar-refractivity contribution in [3.63, 3.8) is 0 Å². The Labute approximate surface area is 165 Å². The molecule has 0 bridgehead atoms. The molecule has 148 valence electrons. The highest BCUT2D eigenvalue weighted by Crippen LogP contribution is 2.24. The molecule has 1 atom stereocenters. The summed E-state index contributed by atoms with van der Waals surface area (Å²) in [5.41, 5.74) is 1.94. The van der Waals surface area contributed by atoms with E-state index in [0.717, 1.165) is 49.0 Å². The van der Waals surface area contributed by atoms with Crippen LogP contribution in [0.1, 0.15) is 43.2 Å². The zero-order valence-electron chi connectivity index (χ0n) is 16.0. The number of hydrogen-bond acceptors (Lipinski definition) is 3. The van der Waals surface area contributed by atoms with Gasteiger partial charge in [-0.2, -0.15) is 0 Å². The molecule has 1 amide bonds. The van der Waals surface area contributed by atoms with Gasteiger partial charge < -0.3 is 15.2 Å². The summed E-state index contributed by atoms with van der Waals surface area (Å²) in [7, 11) is 0. The van der Waals surface area contributed by atoms with Crippen LogP contribution in [0, 0.1) is 5.92 Å². The zero-order chi connectivity index (χ0) is 19.8. The molecule has 0 aromatic heterocycles. The molecule has 5 heteroatoms. The van der Waals surface area contributed by atoms with Crippen LogP contribution >= 0.6 is 0 Å². The Morgan fingerprint density at radius 2 is 1.64 bits per heavy atom. The number of amides is 1. The van der Waals surface area contributed by atoms with Gasteiger partial charge in [-0.25, -0.2) is 4.79 Å². The van der Waals surface area contributed by atoms with Gasteiger partial charge in [-0.3, -0.25) is 4.79 Å².